The van der Waals surface area contributed by atoms with Crippen LogP contribution >= 0.6 is 0 Å². The van der Waals surface area contributed by atoms with E-state index < -0.39 is 16.1 Å². The first-order chi connectivity index (χ1) is 13.9. The lowest BCUT2D eigenvalue weighted by Crippen LogP contribution is -2.48. The number of aromatic nitrogens is 2. The third-order valence-electron chi connectivity index (χ3n) is 4.56. The van der Waals surface area contributed by atoms with Crippen LogP contribution in [-0.2, 0) is 27.8 Å². The summed E-state index contributed by atoms with van der Waals surface area (Å²) in [4.78, 5) is 20.2. The number of nitrogens with zero attached hydrogens (tertiary/aromatic N) is 1. The lowest BCUT2D eigenvalue weighted by molar-refractivity contribution is -0.122. The number of rotatable bonds is 9. The topological polar surface area (TPSA) is 104 Å². The molecular weight excluding hydrogens is 388 g/mol. The smallest absolute Gasteiger partial charge is 0.238 e. The van der Waals surface area contributed by atoms with Gasteiger partial charge in [0, 0.05) is 24.3 Å². The van der Waals surface area contributed by atoms with Crippen LogP contribution in [0.1, 0.15) is 30.0 Å². The third-order valence-corrected chi connectivity index (χ3v) is 6.15. The Hall–Kier alpha value is -2.71. The molecule has 1 aromatic carbocycles. The average Bonchev–Trinajstić information content (AvgIpc) is 3.13. The zero-order valence-corrected chi connectivity index (χ0v) is 17.4. The number of aryl methyl sites for hydroxylation is 1. The Morgan fingerprint density at radius 3 is 2.79 bits per heavy atom. The van der Waals surface area contributed by atoms with Gasteiger partial charge < -0.3 is 10.3 Å². The molecule has 3 N–H and O–H groups in total. The number of carbonyl (C=O) groups is 1. The minimum atomic E-state index is -3.54. The molecule has 8 heteroatoms. The Kier molecular flexibility index (Phi) is 6.66. The summed E-state index contributed by atoms with van der Waals surface area (Å²) >= 11 is 0. The highest BCUT2D eigenvalue weighted by Gasteiger charge is 2.24. The summed E-state index contributed by atoms with van der Waals surface area (Å²) in [5.74, 6) is -0.376. The monoisotopic (exact) mass is 414 g/mol. The maximum absolute atomic E-state index is 12.8. The number of pyridine rings is 1. The standard InChI is InChI=1S/C21H26N4O3S/c1-3-9-29(27,28)25-19(12-16-6-4-5-15(2)10-16)21(26)24-14-17-11-18-7-8-22-20(18)23-13-17/h4-8,10-11,13,19,25H,3,9,12,14H2,1-2H3,(H,22,23)(H,24,26). The van der Waals surface area contributed by atoms with Crippen LogP contribution in [0.2, 0.25) is 0 Å². The van der Waals surface area contributed by atoms with Crippen molar-refractivity contribution in [3.63, 3.8) is 0 Å². The molecule has 0 aliphatic heterocycles. The molecule has 0 aliphatic carbocycles. The molecule has 3 rings (SSSR count). The molecule has 7 nitrogen and oxygen atoms in total. The Morgan fingerprint density at radius 2 is 2.03 bits per heavy atom. The molecule has 1 amide bonds. The van der Waals surface area contributed by atoms with E-state index in [0.29, 0.717) is 6.42 Å². The van der Waals surface area contributed by atoms with Gasteiger partial charge in [-0.3, -0.25) is 4.79 Å². The van der Waals surface area contributed by atoms with Crippen LogP contribution in [-0.4, -0.2) is 36.1 Å². The summed E-state index contributed by atoms with van der Waals surface area (Å²) < 4.78 is 27.1. The lowest BCUT2D eigenvalue weighted by atomic mass is 10.0. The van der Waals surface area contributed by atoms with Crippen LogP contribution in [0.3, 0.4) is 0 Å². The summed E-state index contributed by atoms with van der Waals surface area (Å²) in [5.41, 5.74) is 3.59. The van der Waals surface area contributed by atoms with Crippen molar-refractivity contribution in [1.82, 2.24) is 20.0 Å². The molecule has 0 fully saturated rings. The van der Waals surface area contributed by atoms with Crippen LogP contribution in [0.15, 0.2) is 48.8 Å². The second kappa shape index (κ2) is 9.19. The van der Waals surface area contributed by atoms with Crippen LogP contribution < -0.4 is 10.0 Å². The molecular formula is C21H26N4O3S. The molecule has 0 saturated carbocycles. The van der Waals surface area contributed by atoms with Gasteiger partial charge in [-0.1, -0.05) is 36.8 Å². The van der Waals surface area contributed by atoms with E-state index in [9.17, 15) is 13.2 Å². The number of benzene rings is 1. The van der Waals surface area contributed by atoms with E-state index in [2.05, 4.69) is 20.0 Å². The first kappa shape index (κ1) is 21.0. The first-order valence-corrected chi connectivity index (χ1v) is 11.3. The van der Waals surface area contributed by atoms with Crippen molar-refractivity contribution >= 4 is 27.0 Å². The van der Waals surface area contributed by atoms with E-state index in [-0.39, 0.29) is 24.6 Å². The van der Waals surface area contributed by atoms with Gasteiger partial charge in [0.1, 0.15) is 11.7 Å². The second-order valence-electron chi connectivity index (χ2n) is 7.16. The molecule has 0 spiro atoms. The predicted octanol–water partition coefficient (Wildman–Crippen LogP) is 2.43. The van der Waals surface area contributed by atoms with Crippen molar-refractivity contribution in [2.75, 3.05) is 5.75 Å². The normalized spacial score (nSPS) is 12.8. The minimum absolute atomic E-state index is 0.0152. The maximum Gasteiger partial charge on any atom is 0.238 e. The molecule has 154 valence electrons. The molecule has 3 aromatic rings. The Labute approximate surface area is 171 Å². The zero-order chi connectivity index (χ0) is 20.9. The quantitative estimate of drug-likeness (QED) is 0.500. The number of hydrogen-bond donors (Lipinski definition) is 3. The van der Waals surface area contributed by atoms with Crippen molar-refractivity contribution in [2.45, 2.75) is 39.3 Å². The molecule has 0 bridgehead atoms. The van der Waals surface area contributed by atoms with Crippen molar-refractivity contribution in [3.8, 4) is 0 Å². The minimum Gasteiger partial charge on any atom is -0.351 e. The zero-order valence-electron chi connectivity index (χ0n) is 16.6. The number of fused-ring (bicyclic) bond motifs is 1. The summed E-state index contributed by atoms with van der Waals surface area (Å²) in [6.07, 6.45) is 4.26. The van der Waals surface area contributed by atoms with Gasteiger partial charge in [0.05, 0.1) is 5.75 Å². The molecule has 29 heavy (non-hydrogen) atoms. The maximum atomic E-state index is 12.8. The average molecular weight is 415 g/mol. The van der Waals surface area contributed by atoms with Gasteiger partial charge in [-0.05, 0) is 43.0 Å². The number of H-pyrrole nitrogens is 1. The van der Waals surface area contributed by atoms with E-state index in [0.717, 1.165) is 27.7 Å². The van der Waals surface area contributed by atoms with Crippen molar-refractivity contribution in [2.24, 2.45) is 0 Å². The highest BCUT2D eigenvalue weighted by Crippen LogP contribution is 2.12. The van der Waals surface area contributed by atoms with Gasteiger partial charge in [-0.2, -0.15) is 0 Å². The Bertz CT molecular complexity index is 1090. The van der Waals surface area contributed by atoms with Crippen molar-refractivity contribution in [1.29, 1.82) is 0 Å². The number of sulfonamides is 1. The molecule has 0 aliphatic rings. The van der Waals surface area contributed by atoms with Gasteiger partial charge in [0.15, 0.2) is 0 Å². The fourth-order valence-corrected chi connectivity index (χ4v) is 4.48. The number of carbonyl (C=O) groups excluding carboxylic acids is 1. The van der Waals surface area contributed by atoms with Crippen LogP contribution in [0.4, 0.5) is 0 Å². The van der Waals surface area contributed by atoms with Gasteiger partial charge in [0.25, 0.3) is 0 Å². The molecule has 2 aromatic heterocycles. The van der Waals surface area contributed by atoms with Crippen LogP contribution in [0, 0.1) is 6.92 Å². The van der Waals surface area contributed by atoms with E-state index >= 15 is 0 Å². The number of nitrogens with one attached hydrogen (secondary N) is 3. The number of amides is 1. The molecule has 1 unspecified atom stereocenters. The van der Waals surface area contributed by atoms with Gasteiger partial charge >= 0.3 is 0 Å². The van der Waals surface area contributed by atoms with Gasteiger partial charge in [0.2, 0.25) is 15.9 Å². The van der Waals surface area contributed by atoms with E-state index in [1.165, 1.54) is 0 Å². The third kappa shape index (κ3) is 5.88. The number of hydrogen-bond acceptors (Lipinski definition) is 4. The van der Waals surface area contributed by atoms with Crippen LogP contribution in [0.5, 0.6) is 0 Å². The first-order valence-electron chi connectivity index (χ1n) is 9.61. The van der Waals surface area contributed by atoms with Crippen molar-refractivity contribution < 1.29 is 13.2 Å². The predicted molar refractivity (Wildman–Crippen MR) is 114 cm³/mol. The van der Waals surface area contributed by atoms with E-state index in [1.807, 2.05) is 43.3 Å². The molecule has 2 heterocycles. The number of aromatic amines is 1. The van der Waals surface area contributed by atoms with E-state index in [1.54, 1.807) is 19.3 Å². The van der Waals surface area contributed by atoms with Gasteiger partial charge in [-0.15, -0.1) is 0 Å². The summed E-state index contributed by atoms with van der Waals surface area (Å²) in [6, 6.07) is 10.7. The molecule has 0 radical (unpaired) electrons. The fourth-order valence-electron chi connectivity index (χ4n) is 3.20. The largest absolute Gasteiger partial charge is 0.351 e. The lowest BCUT2D eigenvalue weighted by Gasteiger charge is -2.19. The summed E-state index contributed by atoms with van der Waals surface area (Å²) in [6.45, 7) is 4.02. The SMILES string of the molecule is CCCS(=O)(=O)NC(Cc1cccc(C)c1)C(=O)NCc1cnc2[nH]ccc2c1. The van der Waals surface area contributed by atoms with Crippen molar-refractivity contribution in [3.05, 3.63) is 65.5 Å². The molecule has 0 saturated heterocycles. The summed E-state index contributed by atoms with van der Waals surface area (Å²) in [5, 5.41) is 3.79. The highest BCUT2D eigenvalue weighted by molar-refractivity contribution is 7.89. The van der Waals surface area contributed by atoms with Gasteiger partial charge in [-0.25, -0.2) is 18.1 Å². The van der Waals surface area contributed by atoms with E-state index in [4.69, 9.17) is 0 Å². The molecule has 1 atom stereocenters. The Balaban J connectivity index is 1.73. The second-order valence-corrected chi connectivity index (χ2v) is 9.03. The highest BCUT2D eigenvalue weighted by atomic mass is 32.2. The Morgan fingerprint density at radius 1 is 1.21 bits per heavy atom. The fraction of sp³-hybridized carbons (Fsp3) is 0.333. The summed E-state index contributed by atoms with van der Waals surface area (Å²) in [7, 11) is -3.54. The van der Waals surface area contributed by atoms with Crippen LogP contribution in [0.25, 0.3) is 11.0 Å².